The number of para-hydroxylation sites is 2. The molecular weight excluding hydrogens is 376 g/mol. The maximum atomic E-state index is 12.9. The lowest BCUT2D eigenvalue weighted by Gasteiger charge is -2.38. The van der Waals surface area contributed by atoms with Crippen LogP contribution in [0.15, 0.2) is 48.5 Å². The fourth-order valence-electron chi connectivity index (χ4n) is 3.99. The molecule has 1 saturated heterocycles. The van der Waals surface area contributed by atoms with E-state index in [0.717, 1.165) is 35.1 Å². The van der Waals surface area contributed by atoms with Gasteiger partial charge in [-0.3, -0.25) is 4.79 Å². The molecule has 2 N–H and O–H groups in total. The molecule has 0 bridgehead atoms. The fraction of sp³-hybridized carbons (Fsp3) is 0.318. The second kappa shape index (κ2) is 7.86. The molecule has 0 atom stereocenters. The van der Waals surface area contributed by atoms with Crippen molar-refractivity contribution in [1.29, 1.82) is 0 Å². The Morgan fingerprint density at radius 2 is 1.89 bits per heavy atom. The molecule has 3 aromatic rings. The monoisotopic (exact) mass is 398 g/mol. The number of amides is 1. The Hall–Kier alpha value is -2.50. The summed E-state index contributed by atoms with van der Waals surface area (Å²) in [6, 6.07) is 15.6. The van der Waals surface area contributed by atoms with Gasteiger partial charge in [-0.2, -0.15) is 0 Å². The summed E-state index contributed by atoms with van der Waals surface area (Å²) in [7, 11) is 1.68. The van der Waals surface area contributed by atoms with Crippen LogP contribution in [0.3, 0.4) is 0 Å². The molecule has 0 saturated carbocycles. The van der Waals surface area contributed by atoms with Crippen LogP contribution in [0.25, 0.3) is 10.9 Å². The molecule has 0 spiro atoms. The van der Waals surface area contributed by atoms with Gasteiger partial charge >= 0.3 is 0 Å². The number of rotatable bonds is 5. The number of carbonyl (C=O) groups excluding carboxylic acids is 1. The molecule has 1 aliphatic heterocycles. The number of hydrogen-bond donors (Lipinski definition) is 2. The SMILES string of the molecule is COc1ccccc1C1(CNC(=O)c2[nH]c3ccccc3c2Cl)CCOCC1. The predicted molar refractivity (Wildman–Crippen MR) is 110 cm³/mol. The lowest BCUT2D eigenvalue weighted by atomic mass is 9.73. The molecule has 2 heterocycles. The Morgan fingerprint density at radius 1 is 1.18 bits per heavy atom. The molecule has 1 aliphatic rings. The molecule has 28 heavy (non-hydrogen) atoms. The van der Waals surface area contributed by atoms with E-state index < -0.39 is 0 Å². The number of benzene rings is 2. The fourth-order valence-corrected chi connectivity index (χ4v) is 4.29. The highest BCUT2D eigenvalue weighted by Gasteiger charge is 2.37. The molecule has 0 unspecified atom stereocenters. The Labute approximate surface area is 169 Å². The Balaban J connectivity index is 1.61. The third kappa shape index (κ3) is 3.36. The van der Waals surface area contributed by atoms with Crippen molar-refractivity contribution in [3.63, 3.8) is 0 Å². The molecule has 1 amide bonds. The van der Waals surface area contributed by atoms with Crippen LogP contribution in [-0.2, 0) is 10.2 Å². The van der Waals surface area contributed by atoms with E-state index in [2.05, 4.69) is 16.4 Å². The summed E-state index contributed by atoms with van der Waals surface area (Å²) >= 11 is 6.44. The van der Waals surface area contributed by atoms with Gasteiger partial charge in [0.25, 0.3) is 5.91 Å². The van der Waals surface area contributed by atoms with Gasteiger partial charge in [0.2, 0.25) is 0 Å². The molecular formula is C22H23ClN2O3. The van der Waals surface area contributed by atoms with E-state index in [1.165, 1.54) is 0 Å². The average Bonchev–Trinajstić information content (AvgIpc) is 3.09. The smallest absolute Gasteiger partial charge is 0.269 e. The summed E-state index contributed by atoms with van der Waals surface area (Å²) in [6.45, 7) is 1.80. The molecule has 146 valence electrons. The minimum absolute atomic E-state index is 0.207. The van der Waals surface area contributed by atoms with E-state index in [1.807, 2.05) is 42.5 Å². The summed E-state index contributed by atoms with van der Waals surface area (Å²) in [6.07, 6.45) is 1.63. The first kappa shape index (κ1) is 18.8. The van der Waals surface area contributed by atoms with Gasteiger partial charge in [-0.25, -0.2) is 0 Å². The summed E-state index contributed by atoms with van der Waals surface area (Å²) in [5.41, 5.74) is 2.11. The quantitative estimate of drug-likeness (QED) is 0.673. The van der Waals surface area contributed by atoms with Crippen molar-refractivity contribution < 1.29 is 14.3 Å². The van der Waals surface area contributed by atoms with Crippen LogP contribution in [0.4, 0.5) is 0 Å². The molecule has 2 aromatic carbocycles. The maximum absolute atomic E-state index is 12.9. The lowest BCUT2D eigenvalue weighted by Crippen LogP contribution is -2.45. The first-order valence-corrected chi connectivity index (χ1v) is 9.78. The number of ether oxygens (including phenoxy) is 2. The zero-order valence-electron chi connectivity index (χ0n) is 15.8. The zero-order valence-corrected chi connectivity index (χ0v) is 16.5. The van der Waals surface area contributed by atoms with Crippen LogP contribution in [-0.4, -0.2) is 37.8 Å². The Kier molecular flexibility index (Phi) is 5.29. The van der Waals surface area contributed by atoms with Gasteiger partial charge < -0.3 is 19.8 Å². The average molecular weight is 399 g/mol. The third-order valence-corrected chi connectivity index (χ3v) is 5.98. The number of fused-ring (bicyclic) bond motifs is 1. The second-order valence-electron chi connectivity index (χ2n) is 7.14. The van der Waals surface area contributed by atoms with Crippen LogP contribution in [0.2, 0.25) is 5.02 Å². The van der Waals surface area contributed by atoms with Gasteiger partial charge in [-0.1, -0.05) is 48.0 Å². The van der Waals surface area contributed by atoms with E-state index >= 15 is 0 Å². The van der Waals surface area contributed by atoms with Crippen molar-refractivity contribution in [2.24, 2.45) is 0 Å². The van der Waals surface area contributed by atoms with Crippen molar-refractivity contribution in [3.05, 3.63) is 64.8 Å². The van der Waals surface area contributed by atoms with Crippen LogP contribution < -0.4 is 10.1 Å². The molecule has 0 aliphatic carbocycles. The second-order valence-corrected chi connectivity index (χ2v) is 7.51. The largest absolute Gasteiger partial charge is 0.496 e. The summed E-state index contributed by atoms with van der Waals surface area (Å²) in [4.78, 5) is 16.0. The number of aromatic nitrogens is 1. The van der Waals surface area contributed by atoms with E-state index in [9.17, 15) is 4.79 Å². The van der Waals surface area contributed by atoms with Gasteiger partial charge in [0.1, 0.15) is 11.4 Å². The highest BCUT2D eigenvalue weighted by molar-refractivity contribution is 6.38. The number of methoxy groups -OCH3 is 1. The number of nitrogens with one attached hydrogen (secondary N) is 2. The van der Waals surface area contributed by atoms with Crippen molar-refractivity contribution in [2.75, 3.05) is 26.9 Å². The predicted octanol–water partition coefficient (Wildman–Crippen LogP) is 4.31. The number of aromatic amines is 1. The Bertz CT molecular complexity index is 992. The summed E-state index contributed by atoms with van der Waals surface area (Å²) < 4.78 is 11.2. The van der Waals surface area contributed by atoms with Gasteiger partial charge in [-0.15, -0.1) is 0 Å². The topological polar surface area (TPSA) is 63.3 Å². The van der Waals surface area contributed by atoms with Crippen LogP contribution >= 0.6 is 11.6 Å². The van der Waals surface area contributed by atoms with Crippen molar-refractivity contribution >= 4 is 28.4 Å². The van der Waals surface area contributed by atoms with Gasteiger partial charge in [0.15, 0.2) is 0 Å². The van der Waals surface area contributed by atoms with E-state index in [-0.39, 0.29) is 11.3 Å². The van der Waals surface area contributed by atoms with Crippen molar-refractivity contribution in [3.8, 4) is 5.75 Å². The lowest BCUT2D eigenvalue weighted by molar-refractivity contribution is 0.0478. The molecule has 1 fully saturated rings. The van der Waals surface area contributed by atoms with Crippen LogP contribution in [0, 0.1) is 0 Å². The Morgan fingerprint density at radius 3 is 2.64 bits per heavy atom. The summed E-state index contributed by atoms with van der Waals surface area (Å²) in [5, 5.41) is 4.39. The number of halogens is 1. The molecule has 1 aromatic heterocycles. The highest BCUT2D eigenvalue weighted by Crippen LogP contribution is 2.39. The number of H-pyrrole nitrogens is 1. The first-order chi connectivity index (χ1) is 13.6. The van der Waals surface area contributed by atoms with E-state index in [1.54, 1.807) is 7.11 Å². The van der Waals surface area contributed by atoms with Crippen LogP contribution in [0.1, 0.15) is 28.9 Å². The molecule has 6 heteroatoms. The minimum atomic E-state index is -0.237. The van der Waals surface area contributed by atoms with Gasteiger partial charge in [0, 0.05) is 41.6 Å². The maximum Gasteiger partial charge on any atom is 0.269 e. The molecule has 4 rings (SSSR count). The summed E-state index contributed by atoms with van der Waals surface area (Å²) in [5.74, 6) is 0.629. The minimum Gasteiger partial charge on any atom is -0.496 e. The van der Waals surface area contributed by atoms with E-state index in [4.69, 9.17) is 21.1 Å². The highest BCUT2D eigenvalue weighted by atomic mass is 35.5. The molecule has 0 radical (unpaired) electrons. The van der Waals surface area contributed by atoms with E-state index in [0.29, 0.717) is 30.5 Å². The standard InChI is InChI=1S/C22H23ClN2O3/c1-27-18-9-5-3-7-16(18)22(10-12-28-13-11-22)14-24-21(26)20-19(23)15-6-2-4-8-17(15)25-20/h2-9,25H,10-14H2,1H3,(H,24,26). The van der Waals surface area contributed by atoms with Crippen molar-refractivity contribution in [1.82, 2.24) is 10.3 Å². The number of hydrogen-bond acceptors (Lipinski definition) is 3. The number of carbonyl (C=O) groups is 1. The third-order valence-electron chi connectivity index (χ3n) is 5.59. The normalized spacial score (nSPS) is 16.1. The van der Waals surface area contributed by atoms with Crippen molar-refractivity contribution in [2.45, 2.75) is 18.3 Å². The van der Waals surface area contributed by atoms with Gasteiger partial charge in [-0.05, 0) is 25.0 Å². The van der Waals surface area contributed by atoms with Gasteiger partial charge in [0.05, 0.1) is 12.1 Å². The first-order valence-electron chi connectivity index (χ1n) is 9.40. The molecule has 5 nitrogen and oxygen atoms in total. The van der Waals surface area contributed by atoms with Crippen LogP contribution in [0.5, 0.6) is 5.75 Å². The zero-order chi connectivity index (χ0) is 19.6.